The van der Waals surface area contributed by atoms with Crippen molar-refractivity contribution in [3.05, 3.63) is 0 Å². The van der Waals surface area contributed by atoms with Gasteiger partial charge >= 0.3 is 0 Å². The summed E-state index contributed by atoms with van der Waals surface area (Å²) in [5.41, 5.74) is 0. The summed E-state index contributed by atoms with van der Waals surface area (Å²) in [6, 6.07) is 0.832. The molecule has 2 atom stereocenters. The molecule has 0 N–H and O–H groups in total. The van der Waals surface area contributed by atoms with Gasteiger partial charge in [0.15, 0.2) is 0 Å². The lowest BCUT2D eigenvalue weighted by molar-refractivity contribution is 0.0188. The average molecular weight is 154 g/mol. The third kappa shape index (κ3) is 1.18. The third-order valence-electron chi connectivity index (χ3n) is 3.24. The third-order valence-corrected chi connectivity index (χ3v) is 3.24. The minimum atomic E-state index is 0.777. The van der Waals surface area contributed by atoms with Crippen LogP contribution in [0.1, 0.15) is 26.2 Å². The lowest BCUT2D eigenvalue weighted by Crippen LogP contribution is -2.52. The molecule has 0 aromatic rings. The first-order valence-electron chi connectivity index (χ1n) is 4.75. The molecule has 0 aromatic heterocycles. The van der Waals surface area contributed by atoms with Crippen molar-refractivity contribution in [2.45, 2.75) is 38.4 Å². The predicted molar refractivity (Wildman–Crippen MR) is 46.4 cm³/mol. The van der Waals surface area contributed by atoms with Gasteiger partial charge in [0.1, 0.15) is 0 Å². The first-order valence-corrected chi connectivity index (χ1v) is 4.75. The van der Waals surface area contributed by atoms with Gasteiger partial charge in [-0.2, -0.15) is 0 Å². The van der Waals surface area contributed by atoms with E-state index in [-0.39, 0.29) is 0 Å². The highest BCUT2D eigenvalue weighted by Crippen LogP contribution is 2.27. The molecule has 0 spiro atoms. The topological polar surface area (TPSA) is 6.48 Å². The van der Waals surface area contributed by atoms with E-state index in [0.717, 1.165) is 12.2 Å². The SMILES string of the molecule is CC1CCN(C)C2CCCN12. The van der Waals surface area contributed by atoms with Crippen molar-refractivity contribution in [2.75, 3.05) is 20.1 Å². The minimum Gasteiger partial charge on any atom is -0.291 e. The van der Waals surface area contributed by atoms with E-state index in [1.54, 1.807) is 0 Å². The van der Waals surface area contributed by atoms with Crippen molar-refractivity contribution < 1.29 is 0 Å². The van der Waals surface area contributed by atoms with Gasteiger partial charge in [-0.3, -0.25) is 9.80 Å². The normalized spacial score (nSPS) is 40.9. The Balaban J connectivity index is 2.08. The highest BCUT2D eigenvalue weighted by molar-refractivity contribution is 4.86. The van der Waals surface area contributed by atoms with Crippen LogP contribution in [0.15, 0.2) is 0 Å². The molecule has 64 valence electrons. The van der Waals surface area contributed by atoms with Gasteiger partial charge in [0.2, 0.25) is 0 Å². The fraction of sp³-hybridized carbons (Fsp3) is 1.00. The molecule has 2 aliphatic heterocycles. The van der Waals surface area contributed by atoms with E-state index < -0.39 is 0 Å². The van der Waals surface area contributed by atoms with Crippen LogP contribution in [0.3, 0.4) is 0 Å². The van der Waals surface area contributed by atoms with Gasteiger partial charge in [-0.1, -0.05) is 0 Å². The molecule has 2 rings (SSSR count). The summed E-state index contributed by atoms with van der Waals surface area (Å²) in [7, 11) is 2.26. The van der Waals surface area contributed by atoms with E-state index in [1.807, 2.05) is 0 Å². The largest absolute Gasteiger partial charge is 0.291 e. The molecule has 2 heterocycles. The summed E-state index contributed by atoms with van der Waals surface area (Å²) in [5, 5.41) is 0. The van der Waals surface area contributed by atoms with Crippen LogP contribution in [0, 0.1) is 0 Å². The van der Waals surface area contributed by atoms with Crippen molar-refractivity contribution in [3.63, 3.8) is 0 Å². The molecule has 0 aliphatic carbocycles. The number of hydrogen-bond acceptors (Lipinski definition) is 2. The maximum Gasteiger partial charge on any atom is 0.0622 e. The first-order chi connectivity index (χ1) is 5.29. The Bertz CT molecular complexity index is 130. The summed E-state index contributed by atoms with van der Waals surface area (Å²) < 4.78 is 0. The molecule has 2 nitrogen and oxygen atoms in total. The standard InChI is InChI=1S/C9H18N2/c1-8-5-7-10(2)9-4-3-6-11(8)9/h8-9H,3-7H2,1-2H3. The lowest BCUT2D eigenvalue weighted by Gasteiger charge is -2.41. The van der Waals surface area contributed by atoms with E-state index in [9.17, 15) is 0 Å². The summed E-state index contributed by atoms with van der Waals surface area (Å²) >= 11 is 0. The predicted octanol–water partition coefficient (Wildman–Crippen LogP) is 1.13. The van der Waals surface area contributed by atoms with Gasteiger partial charge in [0.05, 0.1) is 6.17 Å². The van der Waals surface area contributed by atoms with Gasteiger partial charge in [0, 0.05) is 19.1 Å². The number of rotatable bonds is 0. The molecule has 2 saturated heterocycles. The summed E-state index contributed by atoms with van der Waals surface area (Å²) in [6.07, 6.45) is 4.92. The van der Waals surface area contributed by atoms with Crippen LogP contribution in [0.4, 0.5) is 0 Å². The van der Waals surface area contributed by atoms with Crippen LogP contribution in [0.5, 0.6) is 0 Å². The smallest absolute Gasteiger partial charge is 0.0622 e. The van der Waals surface area contributed by atoms with Crippen molar-refractivity contribution in [1.82, 2.24) is 9.80 Å². The Morgan fingerprint density at radius 3 is 2.73 bits per heavy atom. The van der Waals surface area contributed by atoms with E-state index in [1.165, 1.54) is 32.4 Å². The van der Waals surface area contributed by atoms with Gasteiger partial charge in [-0.05, 0) is 33.2 Å². The molecule has 0 saturated carbocycles. The monoisotopic (exact) mass is 154 g/mol. The van der Waals surface area contributed by atoms with E-state index >= 15 is 0 Å². The van der Waals surface area contributed by atoms with Crippen LogP contribution >= 0.6 is 0 Å². The van der Waals surface area contributed by atoms with Gasteiger partial charge in [-0.25, -0.2) is 0 Å². The van der Waals surface area contributed by atoms with Gasteiger partial charge in [-0.15, -0.1) is 0 Å². The minimum absolute atomic E-state index is 0.777. The number of fused-ring (bicyclic) bond motifs is 1. The van der Waals surface area contributed by atoms with Crippen LogP contribution < -0.4 is 0 Å². The van der Waals surface area contributed by atoms with E-state index in [0.29, 0.717) is 0 Å². The molecule has 0 aromatic carbocycles. The van der Waals surface area contributed by atoms with Gasteiger partial charge < -0.3 is 0 Å². The van der Waals surface area contributed by atoms with Crippen molar-refractivity contribution in [3.8, 4) is 0 Å². The van der Waals surface area contributed by atoms with E-state index in [4.69, 9.17) is 0 Å². The molecular weight excluding hydrogens is 136 g/mol. The van der Waals surface area contributed by atoms with Gasteiger partial charge in [0.25, 0.3) is 0 Å². The zero-order valence-electron chi connectivity index (χ0n) is 7.58. The summed E-state index contributed by atoms with van der Waals surface area (Å²) in [6.45, 7) is 4.99. The molecule has 0 radical (unpaired) electrons. The zero-order valence-corrected chi connectivity index (χ0v) is 7.58. The van der Waals surface area contributed by atoms with Crippen LogP contribution in [-0.2, 0) is 0 Å². The Labute approximate surface area is 69.2 Å². The van der Waals surface area contributed by atoms with Crippen LogP contribution in [0.25, 0.3) is 0 Å². The van der Waals surface area contributed by atoms with Crippen molar-refractivity contribution in [1.29, 1.82) is 0 Å². The highest BCUT2D eigenvalue weighted by atomic mass is 15.4. The average Bonchev–Trinajstić information content (AvgIpc) is 2.45. The maximum absolute atomic E-state index is 2.66. The molecule has 0 bridgehead atoms. The fourth-order valence-corrected chi connectivity index (χ4v) is 2.46. The zero-order chi connectivity index (χ0) is 7.84. The number of hydrogen-bond donors (Lipinski definition) is 0. The Hall–Kier alpha value is -0.0800. The van der Waals surface area contributed by atoms with Crippen molar-refractivity contribution in [2.24, 2.45) is 0 Å². The van der Waals surface area contributed by atoms with E-state index in [2.05, 4.69) is 23.8 Å². The lowest BCUT2D eigenvalue weighted by atomic mass is 10.1. The molecule has 11 heavy (non-hydrogen) atoms. The highest BCUT2D eigenvalue weighted by Gasteiger charge is 2.34. The summed E-state index contributed by atoms with van der Waals surface area (Å²) in [4.78, 5) is 5.16. The second-order valence-corrected chi connectivity index (χ2v) is 3.98. The molecule has 0 amide bonds. The van der Waals surface area contributed by atoms with Crippen LogP contribution in [0.2, 0.25) is 0 Å². The first kappa shape index (κ1) is 7.56. The number of nitrogens with zero attached hydrogens (tertiary/aromatic N) is 2. The second kappa shape index (κ2) is 2.76. The summed E-state index contributed by atoms with van der Waals surface area (Å²) in [5.74, 6) is 0. The maximum atomic E-state index is 2.66. The fourth-order valence-electron chi connectivity index (χ4n) is 2.46. The quantitative estimate of drug-likeness (QED) is 0.516. The molecule has 2 unspecified atom stereocenters. The molecule has 2 aliphatic rings. The Morgan fingerprint density at radius 1 is 1.18 bits per heavy atom. The Kier molecular flexibility index (Phi) is 1.90. The van der Waals surface area contributed by atoms with Crippen LogP contribution in [-0.4, -0.2) is 42.1 Å². The molecular formula is C9H18N2. The second-order valence-electron chi connectivity index (χ2n) is 3.98. The molecule has 2 fully saturated rings. The molecule has 2 heteroatoms. The van der Waals surface area contributed by atoms with Crippen molar-refractivity contribution >= 4 is 0 Å². The Morgan fingerprint density at radius 2 is 2.00 bits per heavy atom.